The Morgan fingerprint density at radius 3 is 1.08 bits per heavy atom. The van der Waals surface area contributed by atoms with Crippen molar-refractivity contribution < 1.29 is 0 Å². The Labute approximate surface area is 462 Å². The van der Waals surface area contributed by atoms with Gasteiger partial charge in [-0.1, -0.05) is 249 Å². The predicted octanol–water partition coefficient (Wildman–Crippen LogP) is 20.8. The Morgan fingerprint density at radius 1 is 0.215 bits per heavy atom. The Hall–Kier alpha value is -10.3. The van der Waals surface area contributed by atoms with E-state index < -0.39 is 5.41 Å². The van der Waals surface area contributed by atoms with E-state index >= 15 is 0 Å². The maximum atomic E-state index is 2.51. The molecule has 0 heterocycles. The van der Waals surface area contributed by atoms with Crippen LogP contribution < -0.4 is 9.80 Å². The average molecular weight is 1010 g/mol. The summed E-state index contributed by atoms with van der Waals surface area (Å²) in [7, 11) is 0. The van der Waals surface area contributed by atoms with E-state index in [4.69, 9.17) is 0 Å². The van der Waals surface area contributed by atoms with Crippen molar-refractivity contribution in [2.75, 3.05) is 9.80 Å². The number of para-hydroxylation sites is 1. The van der Waals surface area contributed by atoms with Crippen LogP contribution in [0.15, 0.2) is 315 Å². The van der Waals surface area contributed by atoms with Crippen molar-refractivity contribution in [2.45, 2.75) is 5.41 Å². The van der Waals surface area contributed by atoms with Crippen LogP contribution >= 0.6 is 0 Å². The number of hydrogen-bond donors (Lipinski definition) is 0. The van der Waals surface area contributed by atoms with Crippen LogP contribution in [-0.4, -0.2) is 0 Å². The molecule has 1 unspecified atom stereocenters. The molecule has 0 N–H and O–H groups in total. The van der Waals surface area contributed by atoms with E-state index in [1.165, 1.54) is 94.2 Å². The zero-order chi connectivity index (χ0) is 52.3. The zero-order valence-corrected chi connectivity index (χ0v) is 43.4. The van der Waals surface area contributed by atoms with Gasteiger partial charge in [0.05, 0.1) is 11.1 Å². The molecule has 13 aromatic carbocycles. The van der Waals surface area contributed by atoms with Gasteiger partial charge in [0.15, 0.2) is 0 Å². The minimum Gasteiger partial charge on any atom is -0.310 e. The molecule has 0 bridgehead atoms. The largest absolute Gasteiger partial charge is 0.310 e. The van der Waals surface area contributed by atoms with Gasteiger partial charge >= 0.3 is 0 Å². The summed E-state index contributed by atoms with van der Waals surface area (Å²) in [5, 5.41) is 2.41. The van der Waals surface area contributed by atoms with E-state index in [1.54, 1.807) is 0 Å². The molecule has 2 aliphatic carbocycles. The van der Waals surface area contributed by atoms with Crippen LogP contribution in [0.5, 0.6) is 0 Å². The Kier molecular flexibility index (Phi) is 11.1. The van der Waals surface area contributed by atoms with Gasteiger partial charge in [-0.05, 0) is 161 Å². The van der Waals surface area contributed by atoms with Crippen molar-refractivity contribution in [1.29, 1.82) is 0 Å². The second kappa shape index (κ2) is 19.1. The first-order valence-electron chi connectivity index (χ1n) is 27.3. The fourth-order valence-corrected chi connectivity index (χ4v) is 12.9. The van der Waals surface area contributed by atoms with Crippen LogP contribution in [0.1, 0.15) is 22.3 Å². The van der Waals surface area contributed by atoms with Crippen LogP contribution in [-0.2, 0) is 5.41 Å². The number of anilines is 6. The normalized spacial score (nSPS) is 13.6. The van der Waals surface area contributed by atoms with Crippen molar-refractivity contribution in [2.24, 2.45) is 0 Å². The molecule has 2 heteroatoms. The first-order chi connectivity index (χ1) is 39.2. The maximum absolute atomic E-state index is 2.51. The summed E-state index contributed by atoms with van der Waals surface area (Å²) in [6.45, 7) is 0. The summed E-state index contributed by atoms with van der Waals surface area (Å²) in [6, 6.07) is 116. The standard InChI is InChI=1S/C77H52N2/c1-5-19-53(20-6-1)56-33-35-60(36-34-56)76-66-28-14-13-25-59(66)41-50-75(76)79(61-26-11-4-12-27-61)65-47-49-70-68-30-16-18-32-72(68)77(74(70)52-65)71-31-17-15-29-67(71)69-48-46-64(51-73(69)77)78(62-42-37-57(38-43-62)54-21-7-2-8-22-54)63-44-39-58(40-45-63)55-23-9-3-10-24-55/h1-52H. The lowest BCUT2D eigenvalue weighted by Gasteiger charge is -2.34. The van der Waals surface area contributed by atoms with E-state index in [1.807, 2.05) is 0 Å². The lowest BCUT2D eigenvalue weighted by molar-refractivity contribution is 0.793. The quantitative estimate of drug-likeness (QED) is 0.135. The number of benzene rings is 13. The van der Waals surface area contributed by atoms with Crippen molar-refractivity contribution in [3.63, 3.8) is 0 Å². The lowest BCUT2D eigenvalue weighted by Crippen LogP contribution is -2.26. The second-order valence-electron chi connectivity index (χ2n) is 20.8. The van der Waals surface area contributed by atoms with Gasteiger partial charge in [-0.2, -0.15) is 0 Å². The molecule has 0 aromatic heterocycles. The number of nitrogens with zero attached hydrogens (tertiary/aromatic N) is 2. The molecule has 2 aliphatic rings. The molecule has 15 rings (SSSR count). The van der Waals surface area contributed by atoms with E-state index in [0.717, 1.165) is 39.7 Å². The summed E-state index contributed by atoms with van der Waals surface area (Å²) >= 11 is 0. The summed E-state index contributed by atoms with van der Waals surface area (Å²) in [5.74, 6) is 0. The number of rotatable bonds is 10. The van der Waals surface area contributed by atoms with Gasteiger partial charge in [0.2, 0.25) is 0 Å². The third kappa shape index (κ3) is 7.64. The second-order valence-corrected chi connectivity index (χ2v) is 20.8. The summed E-state index contributed by atoms with van der Waals surface area (Å²) in [4.78, 5) is 4.92. The lowest BCUT2D eigenvalue weighted by atomic mass is 9.70. The molecule has 1 spiro atoms. The molecule has 0 radical (unpaired) electrons. The molecule has 13 aromatic rings. The van der Waals surface area contributed by atoms with E-state index in [2.05, 4.69) is 325 Å². The first kappa shape index (κ1) is 46.1. The fraction of sp³-hybridized carbons (Fsp3) is 0.0130. The fourth-order valence-electron chi connectivity index (χ4n) is 12.9. The molecule has 370 valence electrons. The van der Waals surface area contributed by atoms with Gasteiger partial charge in [-0.15, -0.1) is 0 Å². The highest BCUT2D eigenvalue weighted by atomic mass is 15.1. The third-order valence-corrected chi connectivity index (χ3v) is 16.5. The first-order valence-corrected chi connectivity index (χ1v) is 27.3. The van der Waals surface area contributed by atoms with E-state index in [0.29, 0.717) is 0 Å². The van der Waals surface area contributed by atoms with Crippen LogP contribution in [0.25, 0.3) is 77.5 Å². The van der Waals surface area contributed by atoms with Crippen molar-refractivity contribution in [3.05, 3.63) is 338 Å². The maximum Gasteiger partial charge on any atom is 0.0727 e. The zero-order valence-electron chi connectivity index (χ0n) is 43.4. The molecule has 1 atom stereocenters. The highest BCUT2D eigenvalue weighted by molar-refractivity contribution is 6.06. The molecule has 0 saturated heterocycles. The van der Waals surface area contributed by atoms with Crippen LogP contribution in [0, 0.1) is 0 Å². The monoisotopic (exact) mass is 1000 g/mol. The van der Waals surface area contributed by atoms with Crippen molar-refractivity contribution in [1.82, 2.24) is 0 Å². The van der Waals surface area contributed by atoms with Crippen LogP contribution in [0.2, 0.25) is 0 Å². The van der Waals surface area contributed by atoms with E-state index in [-0.39, 0.29) is 0 Å². The molecule has 0 amide bonds. The van der Waals surface area contributed by atoms with Crippen molar-refractivity contribution >= 4 is 44.9 Å². The number of fused-ring (bicyclic) bond motifs is 11. The molecular weight excluding hydrogens is 953 g/mol. The highest BCUT2D eigenvalue weighted by Crippen LogP contribution is 2.64. The smallest absolute Gasteiger partial charge is 0.0727 e. The minimum absolute atomic E-state index is 0.633. The summed E-state index contributed by atoms with van der Waals surface area (Å²) < 4.78 is 0. The highest BCUT2D eigenvalue weighted by Gasteiger charge is 2.52. The van der Waals surface area contributed by atoms with Gasteiger partial charge in [0.1, 0.15) is 0 Å². The van der Waals surface area contributed by atoms with Gasteiger partial charge in [0, 0.05) is 34.0 Å². The van der Waals surface area contributed by atoms with Crippen molar-refractivity contribution in [3.8, 4) is 66.8 Å². The van der Waals surface area contributed by atoms with Gasteiger partial charge in [0.25, 0.3) is 0 Å². The Bertz CT molecular complexity index is 4280. The Balaban J connectivity index is 0.937. The minimum atomic E-state index is -0.633. The van der Waals surface area contributed by atoms with Crippen LogP contribution in [0.3, 0.4) is 0 Å². The number of hydrogen-bond acceptors (Lipinski definition) is 2. The van der Waals surface area contributed by atoms with Gasteiger partial charge < -0.3 is 9.80 Å². The summed E-state index contributed by atoms with van der Waals surface area (Å²) in [5.41, 5.74) is 25.6. The van der Waals surface area contributed by atoms with E-state index in [9.17, 15) is 0 Å². The molecule has 0 saturated carbocycles. The van der Waals surface area contributed by atoms with Crippen LogP contribution in [0.4, 0.5) is 34.1 Å². The Morgan fingerprint density at radius 2 is 0.570 bits per heavy atom. The predicted molar refractivity (Wildman–Crippen MR) is 331 cm³/mol. The van der Waals surface area contributed by atoms with Gasteiger partial charge in [-0.3, -0.25) is 0 Å². The third-order valence-electron chi connectivity index (χ3n) is 16.5. The van der Waals surface area contributed by atoms with Gasteiger partial charge in [-0.25, -0.2) is 0 Å². The molecule has 79 heavy (non-hydrogen) atoms. The average Bonchev–Trinajstić information content (AvgIpc) is 3.88. The molecular formula is C77H52N2. The molecule has 2 nitrogen and oxygen atoms in total. The molecule has 0 fully saturated rings. The molecule has 0 aliphatic heterocycles. The summed E-state index contributed by atoms with van der Waals surface area (Å²) in [6.07, 6.45) is 0. The SMILES string of the molecule is c1ccc(-c2ccc(-c3c(N(c4ccccc4)c4ccc5c(c4)C4(c6ccccc6-c6ccc(N(c7ccc(-c8ccccc8)cc7)c7ccc(-c8ccccc8)cc7)cc64)c4ccccc4-5)ccc4ccccc34)cc2)cc1. The topological polar surface area (TPSA) is 6.48 Å².